The first-order valence-corrected chi connectivity index (χ1v) is 11.6. The van der Waals surface area contributed by atoms with E-state index in [1.54, 1.807) is 4.90 Å². The van der Waals surface area contributed by atoms with Crippen molar-refractivity contribution in [1.29, 1.82) is 0 Å². The molecular weight excluding hydrogens is 396 g/mol. The Balaban J connectivity index is 1.83. The summed E-state index contributed by atoms with van der Waals surface area (Å²) in [5, 5.41) is 5.35. The molecule has 4 nitrogen and oxygen atoms in total. The highest BCUT2D eigenvalue weighted by atomic mass is 16.2. The third-order valence-electron chi connectivity index (χ3n) is 6.03. The second kappa shape index (κ2) is 11.5. The normalized spacial score (nSPS) is 11.8. The Morgan fingerprint density at radius 3 is 2.34 bits per heavy atom. The average molecular weight is 431 g/mol. The molecule has 0 bridgehead atoms. The topological polar surface area (TPSA) is 49.4 Å². The van der Waals surface area contributed by atoms with Gasteiger partial charge in [0.2, 0.25) is 11.8 Å². The maximum Gasteiger partial charge on any atom is 0.242 e. The number of carbonyl (C=O) groups is 2. The van der Waals surface area contributed by atoms with Crippen LogP contribution in [0.1, 0.15) is 49.8 Å². The van der Waals surface area contributed by atoms with Crippen LogP contribution in [0.3, 0.4) is 0 Å². The van der Waals surface area contributed by atoms with E-state index in [0.717, 1.165) is 23.1 Å². The van der Waals surface area contributed by atoms with E-state index in [2.05, 4.69) is 29.6 Å². The lowest BCUT2D eigenvalue weighted by Crippen LogP contribution is -2.49. The van der Waals surface area contributed by atoms with E-state index in [1.807, 2.05) is 63.2 Å². The van der Waals surface area contributed by atoms with Gasteiger partial charge < -0.3 is 10.2 Å². The van der Waals surface area contributed by atoms with E-state index in [4.69, 9.17) is 0 Å². The summed E-state index contributed by atoms with van der Waals surface area (Å²) in [4.78, 5) is 28.2. The van der Waals surface area contributed by atoms with Gasteiger partial charge in [-0.1, -0.05) is 80.6 Å². The number of fused-ring (bicyclic) bond motifs is 1. The van der Waals surface area contributed by atoms with Crippen LogP contribution in [0.15, 0.2) is 66.7 Å². The first-order chi connectivity index (χ1) is 15.5. The van der Waals surface area contributed by atoms with Crippen molar-refractivity contribution >= 4 is 22.6 Å². The van der Waals surface area contributed by atoms with Gasteiger partial charge in [0.25, 0.3) is 0 Å². The van der Waals surface area contributed by atoms with Crippen molar-refractivity contribution in [1.82, 2.24) is 10.2 Å². The Labute approximate surface area is 191 Å². The highest BCUT2D eigenvalue weighted by Gasteiger charge is 2.28. The molecule has 0 radical (unpaired) electrons. The Kier molecular flexibility index (Phi) is 8.43. The van der Waals surface area contributed by atoms with Crippen molar-refractivity contribution in [2.75, 3.05) is 6.54 Å². The van der Waals surface area contributed by atoms with E-state index in [0.29, 0.717) is 32.4 Å². The second-order valence-corrected chi connectivity index (χ2v) is 8.30. The van der Waals surface area contributed by atoms with Crippen LogP contribution in [0, 0.1) is 6.92 Å². The summed E-state index contributed by atoms with van der Waals surface area (Å²) in [5.41, 5.74) is 3.37. The molecule has 0 aliphatic heterocycles. The summed E-state index contributed by atoms with van der Waals surface area (Å²) < 4.78 is 0. The number of rotatable bonds is 10. The molecule has 1 unspecified atom stereocenters. The Morgan fingerprint density at radius 2 is 1.59 bits per heavy atom. The van der Waals surface area contributed by atoms with Crippen molar-refractivity contribution in [3.63, 3.8) is 0 Å². The first-order valence-electron chi connectivity index (χ1n) is 11.6. The molecule has 2 amide bonds. The van der Waals surface area contributed by atoms with Gasteiger partial charge >= 0.3 is 0 Å². The molecule has 0 heterocycles. The van der Waals surface area contributed by atoms with Gasteiger partial charge in [-0.25, -0.2) is 0 Å². The molecule has 0 fully saturated rings. The van der Waals surface area contributed by atoms with Gasteiger partial charge in [0.15, 0.2) is 0 Å². The number of nitrogens with zero attached hydrogens (tertiary/aromatic N) is 1. The predicted octanol–water partition coefficient (Wildman–Crippen LogP) is 5.41. The molecule has 4 heteroatoms. The molecule has 32 heavy (non-hydrogen) atoms. The van der Waals surface area contributed by atoms with Gasteiger partial charge in [0.1, 0.15) is 6.04 Å². The van der Waals surface area contributed by atoms with Gasteiger partial charge in [-0.2, -0.15) is 0 Å². The minimum Gasteiger partial charge on any atom is -0.354 e. The van der Waals surface area contributed by atoms with Crippen LogP contribution in [0.25, 0.3) is 10.8 Å². The summed E-state index contributed by atoms with van der Waals surface area (Å²) in [5.74, 6) is -0.0545. The molecule has 3 rings (SSSR count). The van der Waals surface area contributed by atoms with Crippen molar-refractivity contribution in [2.45, 2.75) is 59.0 Å². The zero-order valence-corrected chi connectivity index (χ0v) is 19.4. The summed E-state index contributed by atoms with van der Waals surface area (Å²) >= 11 is 0. The largest absolute Gasteiger partial charge is 0.354 e. The molecule has 0 saturated heterocycles. The lowest BCUT2D eigenvalue weighted by atomic mass is 10.00. The fourth-order valence-corrected chi connectivity index (χ4v) is 4.15. The number of amides is 2. The number of hydrogen-bond acceptors (Lipinski definition) is 2. The van der Waals surface area contributed by atoms with Gasteiger partial charge in [-0.05, 0) is 53.6 Å². The average Bonchev–Trinajstić information content (AvgIpc) is 2.82. The zero-order valence-electron chi connectivity index (χ0n) is 19.4. The number of hydrogen-bond donors (Lipinski definition) is 1. The molecule has 1 atom stereocenters. The van der Waals surface area contributed by atoms with Crippen LogP contribution in [0.5, 0.6) is 0 Å². The summed E-state index contributed by atoms with van der Waals surface area (Å²) in [6.45, 7) is 7.11. The number of benzene rings is 3. The summed E-state index contributed by atoms with van der Waals surface area (Å²) in [6, 6.07) is 22.1. The molecule has 0 aromatic heterocycles. The van der Waals surface area contributed by atoms with Crippen LogP contribution in [0.2, 0.25) is 0 Å². The summed E-state index contributed by atoms with van der Waals surface area (Å²) in [7, 11) is 0. The molecule has 0 aliphatic rings. The molecule has 1 N–H and O–H groups in total. The third-order valence-corrected chi connectivity index (χ3v) is 6.03. The maximum absolute atomic E-state index is 13.5. The number of carbonyl (C=O) groups excluding carboxylic acids is 2. The quantitative estimate of drug-likeness (QED) is 0.467. The van der Waals surface area contributed by atoms with E-state index < -0.39 is 6.04 Å². The monoisotopic (exact) mass is 430 g/mol. The third kappa shape index (κ3) is 5.76. The Bertz CT molecular complexity index is 1050. The van der Waals surface area contributed by atoms with Crippen molar-refractivity contribution < 1.29 is 9.59 Å². The van der Waals surface area contributed by atoms with Crippen molar-refractivity contribution in [2.24, 2.45) is 0 Å². The second-order valence-electron chi connectivity index (χ2n) is 8.30. The van der Waals surface area contributed by atoms with Crippen LogP contribution in [-0.4, -0.2) is 29.3 Å². The van der Waals surface area contributed by atoms with Gasteiger partial charge in [-0.15, -0.1) is 0 Å². The Morgan fingerprint density at radius 1 is 0.906 bits per heavy atom. The molecule has 0 spiro atoms. The van der Waals surface area contributed by atoms with Crippen LogP contribution < -0.4 is 5.32 Å². The lowest BCUT2D eigenvalue weighted by molar-refractivity contribution is -0.141. The van der Waals surface area contributed by atoms with E-state index in [9.17, 15) is 9.59 Å². The van der Waals surface area contributed by atoms with Gasteiger partial charge in [0, 0.05) is 19.5 Å². The predicted molar refractivity (Wildman–Crippen MR) is 131 cm³/mol. The number of aryl methyl sites for hydroxylation is 2. The van der Waals surface area contributed by atoms with E-state index >= 15 is 0 Å². The van der Waals surface area contributed by atoms with Crippen LogP contribution in [0.4, 0.5) is 0 Å². The highest BCUT2D eigenvalue weighted by Crippen LogP contribution is 2.21. The molecule has 0 aliphatic carbocycles. The molecular formula is C28H34N2O2. The molecule has 3 aromatic carbocycles. The zero-order chi connectivity index (χ0) is 22.9. The minimum absolute atomic E-state index is 0.0136. The number of nitrogens with one attached hydrogen (secondary N) is 1. The fourth-order valence-electron chi connectivity index (χ4n) is 4.15. The van der Waals surface area contributed by atoms with Crippen LogP contribution in [-0.2, 0) is 22.6 Å². The molecule has 3 aromatic rings. The molecule has 0 saturated carbocycles. The smallest absolute Gasteiger partial charge is 0.242 e. The fraction of sp³-hybridized carbons (Fsp3) is 0.357. The van der Waals surface area contributed by atoms with E-state index in [-0.39, 0.29) is 11.8 Å². The molecule has 168 valence electrons. The van der Waals surface area contributed by atoms with Crippen molar-refractivity contribution in [3.05, 3.63) is 83.4 Å². The van der Waals surface area contributed by atoms with Crippen molar-refractivity contribution in [3.8, 4) is 0 Å². The maximum atomic E-state index is 13.5. The van der Waals surface area contributed by atoms with Gasteiger partial charge in [0.05, 0.1) is 0 Å². The standard InChI is InChI=1S/C28H34N2O2/c1-4-19-29-28(32)26(5-2)30(20-24-13-7-6-11-21(24)3)27(31)18-17-23-15-10-14-22-12-8-9-16-25(22)23/h6-16,26H,4-5,17-20H2,1-3H3,(H,29,32). The van der Waals surface area contributed by atoms with E-state index in [1.165, 1.54) is 10.8 Å². The SMILES string of the molecule is CCCNC(=O)C(CC)N(Cc1ccccc1C)C(=O)CCc1cccc2ccccc12. The summed E-state index contributed by atoms with van der Waals surface area (Å²) in [6.07, 6.45) is 2.48. The Hall–Kier alpha value is -3.14. The minimum atomic E-state index is -0.471. The first kappa shape index (κ1) is 23.5. The van der Waals surface area contributed by atoms with Gasteiger partial charge in [-0.3, -0.25) is 9.59 Å². The lowest BCUT2D eigenvalue weighted by Gasteiger charge is -2.31. The van der Waals surface area contributed by atoms with Crippen LogP contribution >= 0.6 is 0 Å². The highest BCUT2D eigenvalue weighted by molar-refractivity contribution is 5.89.